The summed E-state index contributed by atoms with van der Waals surface area (Å²) in [5.41, 5.74) is 2.60. The first-order valence-electron chi connectivity index (χ1n) is 9.15. The molecule has 1 aliphatic rings. The third-order valence-electron chi connectivity index (χ3n) is 4.91. The molecule has 0 radical (unpaired) electrons. The van der Waals surface area contributed by atoms with Crippen molar-refractivity contribution in [3.05, 3.63) is 34.9 Å². The zero-order valence-corrected chi connectivity index (χ0v) is 15.8. The van der Waals surface area contributed by atoms with E-state index < -0.39 is 5.97 Å². The number of carbonyl (C=O) groups excluding carboxylic acids is 3. The Bertz CT molecular complexity index is 664. The van der Waals surface area contributed by atoms with E-state index in [4.69, 9.17) is 4.74 Å². The standard InChI is InChI=1S/C20H28N2O4/c1-13-4-8-17(9-5-13)22-18(23)12-26-19(24)11-21-20(25)16-7-6-14(2)15(3)10-16/h6-7,10,13,17H,4-5,8-9,11-12H2,1-3H3,(H,21,25)(H,22,23). The van der Waals surface area contributed by atoms with Gasteiger partial charge in [-0.1, -0.05) is 13.0 Å². The largest absolute Gasteiger partial charge is 0.454 e. The number of hydrogen-bond acceptors (Lipinski definition) is 4. The summed E-state index contributed by atoms with van der Waals surface area (Å²) in [6.07, 6.45) is 4.14. The number of ether oxygens (including phenoxy) is 1. The molecule has 0 unspecified atom stereocenters. The van der Waals surface area contributed by atoms with Crippen LogP contribution >= 0.6 is 0 Å². The van der Waals surface area contributed by atoms with Gasteiger partial charge in [-0.15, -0.1) is 0 Å². The topological polar surface area (TPSA) is 84.5 Å². The molecule has 142 valence electrons. The number of benzene rings is 1. The Hall–Kier alpha value is -2.37. The molecule has 1 saturated carbocycles. The molecule has 0 bridgehead atoms. The van der Waals surface area contributed by atoms with Gasteiger partial charge in [0.15, 0.2) is 6.61 Å². The summed E-state index contributed by atoms with van der Waals surface area (Å²) in [6, 6.07) is 5.51. The van der Waals surface area contributed by atoms with E-state index in [0.29, 0.717) is 11.5 Å². The summed E-state index contributed by atoms with van der Waals surface area (Å²) in [5, 5.41) is 5.40. The van der Waals surface area contributed by atoms with Crippen LogP contribution in [0, 0.1) is 19.8 Å². The van der Waals surface area contributed by atoms with Crippen LogP contribution in [0.3, 0.4) is 0 Å². The van der Waals surface area contributed by atoms with E-state index in [1.165, 1.54) is 0 Å². The van der Waals surface area contributed by atoms with Crippen molar-refractivity contribution in [3.63, 3.8) is 0 Å². The van der Waals surface area contributed by atoms with Crippen LogP contribution in [-0.4, -0.2) is 37.0 Å². The first-order chi connectivity index (χ1) is 12.3. The van der Waals surface area contributed by atoms with Gasteiger partial charge in [-0.2, -0.15) is 0 Å². The highest BCUT2D eigenvalue weighted by molar-refractivity contribution is 5.96. The first kappa shape index (κ1) is 19.9. The van der Waals surface area contributed by atoms with Gasteiger partial charge in [0.05, 0.1) is 0 Å². The zero-order chi connectivity index (χ0) is 19.1. The minimum absolute atomic E-state index is 0.168. The lowest BCUT2D eigenvalue weighted by atomic mass is 9.87. The summed E-state index contributed by atoms with van der Waals surface area (Å²) in [7, 11) is 0. The molecule has 0 heterocycles. The summed E-state index contributed by atoms with van der Waals surface area (Å²) < 4.78 is 4.93. The molecule has 0 saturated heterocycles. The van der Waals surface area contributed by atoms with Crippen LogP contribution in [0.2, 0.25) is 0 Å². The summed E-state index contributed by atoms with van der Waals surface area (Å²) >= 11 is 0. The molecule has 0 atom stereocenters. The van der Waals surface area contributed by atoms with E-state index in [1.54, 1.807) is 12.1 Å². The van der Waals surface area contributed by atoms with Crippen molar-refractivity contribution in [2.24, 2.45) is 5.92 Å². The maximum absolute atomic E-state index is 12.0. The zero-order valence-electron chi connectivity index (χ0n) is 15.8. The number of hydrogen-bond donors (Lipinski definition) is 2. The average molecular weight is 360 g/mol. The van der Waals surface area contributed by atoms with Crippen molar-refractivity contribution in [3.8, 4) is 0 Å². The lowest BCUT2D eigenvalue weighted by Gasteiger charge is -2.26. The van der Waals surface area contributed by atoms with Gasteiger partial charge in [0.2, 0.25) is 0 Å². The molecule has 1 aromatic rings. The van der Waals surface area contributed by atoms with Crippen LogP contribution in [-0.2, 0) is 14.3 Å². The van der Waals surface area contributed by atoms with E-state index in [-0.39, 0.29) is 31.0 Å². The molecule has 2 rings (SSSR count). The van der Waals surface area contributed by atoms with Gasteiger partial charge in [-0.05, 0) is 68.7 Å². The summed E-state index contributed by atoms with van der Waals surface area (Å²) in [4.78, 5) is 35.6. The second-order valence-corrected chi connectivity index (χ2v) is 7.17. The maximum atomic E-state index is 12.0. The molecule has 0 aliphatic heterocycles. The maximum Gasteiger partial charge on any atom is 0.325 e. The lowest BCUT2D eigenvalue weighted by molar-refractivity contribution is -0.147. The Labute approximate surface area is 154 Å². The molecule has 1 fully saturated rings. The number of rotatable bonds is 6. The fourth-order valence-corrected chi connectivity index (χ4v) is 3.01. The quantitative estimate of drug-likeness (QED) is 0.762. The van der Waals surface area contributed by atoms with Gasteiger partial charge in [0.1, 0.15) is 6.54 Å². The Kier molecular flexibility index (Phi) is 7.18. The molecular weight excluding hydrogens is 332 g/mol. The number of aryl methyl sites for hydroxylation is 2. The predicted octanol–water partition coefficient (Wildman–Crippen LogP) is 2.27. The number of nitrogens with one attached hydrogen (secondary N) is 2. The molecule has 0 aromatic heterocycles. The van der Waals surface area contributed by atoms with Crippen LogP contribution in [0.5, 0.6) is 0 Å². The van der Waals surface area contributed by atoms with Crippen LogP contribution in [0.25, 0.3) is 0 Å². The second-order valence-electron chi connectivity index (χ2n) is 7.17. The van der Waals surface area contributed by atoms with Crippen molar-refractivity contribution in [2.45, 2.75) is 52.5 Å². The molecule has 0 spiro atoms. The second kappa shape index (κ2) is 9.36. The highest BCUT2D eigenvalue weighted by Gasteiger charge is 2.20. The van der Waals surface area contributed by atoms with Crippen molar-refractivity contribution < 1.29 is 19.1 Å². The van der Waals surface area contributed by atoms with Gasteiger partial charge in [-0.3, -0.25) is 14.4 Å². The van der Waals surface area contributed by atoms with Gasteiger partial charge in [0.25, 0.3) is 11.8 Å². The third kappa shape index (κ3) is 6.17. The van der Waals surface area contributed by atoms with Gasteiger partial charge in [0, 0.05) is 11.6 Å². The van der Waals surface area contributed by atoms with Gasteiger partial charge >= 0.3 is 5.97 Å². The molecule has 2 amide bonds. The molecule has 26 heavy (non-hydrogen) atoms. The highest BCUT2D eigenvalue weighted by Crippen LogP contribution is 2.23. The summed E-state index contributed by atoms with van der Waals surface area (Å²) in [5.74, 6) is -0.555. The van der Waals surface area contributed by atoms with E-state index in [0.717, 1.165) is 36.8 Å². The van der Waals surface area contributed by atoms with E-state index in [1.807, 2.05) is 19.9 Å². The van der Waals surface area contributed by atoms with Crippen LogP contribution in [0.15, 0.2) is 18.2 Å². The molecule has 6 nitrogen and oxygen atoms in total. The normalized spacial score (nSPS) is 19.5. The highest BCUT2D eigenvalue weighted by atomic mass is 16.5. The van der Waals surface area contributed by atoms with Crippen LogP contribution < -0.4 is 10.6 Å². The van der Waals surface area contributed by atoms with Crippen molar-refractivity contribution in [2.75, 3.05) is 13.2 Å². The van der Waals surface area contributed by atoms with Gasteiger partial charge < -0.3 is 15.4 Å². The monoisotopic (exact) mass is 360 g/mol. The number of carbonyl (C=O) groups is 3. The van der Waals surface area contributed by atoms with Crippen LogP contribution in [0.4, 0.5) is 0 Å². The Morgan fingerprint density at radius 1 is 1.08 bits per heavy atom. The Morgan fingerprint density at radius 2 is 1.77 bits per heavy atom. The average Bonchev–Trinajstić information content (AvgIpc) is 2.62. The molecule has 6 heteroatoms. The number of amides is 2. The van der Waals surface area contributed by atoms with Gasteiger partial charge in [-0.25, -0.2) is 0 Å². The van der Waals surface area contributed by atoms with E-state index in [9.17, 15) is 14.4 Å². The Morgan fingerprint density at radius 3 is 2.42 bits per heavy atom. The lowest BCUT2D eigenvalue weighted by Crippen LogP contribution is -2.40. The predicted molar refractivity (Wildman–Crippen MR) is 98.8 cm³/mol. The minimum atomic E-state index is -0.630. The van der Waals surface area contributed by atoms with E-state index in [2.05, 4.69) is 17.6 Å². The van der Waals surface area contributed by atoms with Crippen molar-refractivity contribution >= 4 is 17.8 Å². The SMILES string of the molecule is Cc1ccc(C(=O)NCC(=O)OCC(=O)NC2CCC(C)CC2)cc1C. The first-order valence-corrected chi connectivity index (χ1v) is 9.15. The van der Waals surface area contributed by atoms with Crippen LogP contribution in [0.1, 0.15) is 54.1 Å². The fraction of sp³-hybridized carbons (Fsp3) is 0.550. The third-order valence-corrected chi connectivity index (χ3v) is 4.91. The fourth-order valence-electron chi connectivity index (χ4n) is 3.01. The van der Waals surface area contributed by atoms with Crippen molar-refractivity contribution in [1.29, 1.82) is 0 Å². The van der Waals surface area contributed by atoms with Crippen molar-refractivity contribution in [1.82, 2.24) is 10.6 Å². The summed E-state index contributed by atoms with van der Waals surface area (Å²) in [6.45, 7) is 5.52. The molecular formula is C20H28N2O4. The smallest absolute Gasteiger partial charge is 0.325 e. The Balaban J connectivity index is 1.67. The molecule has 1 aromatic carbocycles. The molecule has 1 aliphatic carbocycles. The van der Waals surface area contributed by atoms with E-state index >= 15 is 0 Å². The minimum Gasteiger partial charge on any atom is -0.454 e. The molecule has 2 N–H and O–H groups in total. The number of esters is 1.